The Morgan fingerprint density at radius 2 is 1.45 bits per heavy atom. The SMILES string of the molecule is CC(C)CCOc1ccc(-c2ccc(CBr)cc2)cc1. The first-order valence-corrected chi connectivity index (χ1v) is 8.19. The molecule has 0 aliphatic carbocycles. The topological polar surface area (TPSA) is 9.23 Å². The van der Waals surface area contributed by atoms with Crippen molar-refractivity contribution in [3.8, 4) is 16.9 Å². The summed E-state index contributed by atoms with van der Waals surface area (Å²) in [6.07, 6.45) is 1.09. The highest BCUT2D eigenvalue weighted by Gasteiger charge is 2.00. The normalized spacial score (nSPS) is 10.8. The third kappa shape index (κ3) is 4.38. The third-order valence-corrected chi connectivity index (χ3v) is 3.91. The summed E-state index contributed by atoms with van der Waals surface area (Å²) in [7, 11) is 0. The Labute approximate surface area is 130 Å². The van der Waals surface area contributed by atoms with E-state index >= 15 is 0 Å². The van der Waals surface area contributed by atoms with Gasteiger partial charge in [0.15, 0.2) is 0 Å². The minimum absolute atomic E-state index is 0.683. The van der Waals surface area contributed by atoms with E-state index in [1.807, 2.05) is 12.1 Å². The van der Waals surface area contributed by atoms with Crippen molar-refractivity contribution >= 4 is 15.9 Å². The zero-order valence-electron chi connectivity index (χ0n) is 12.1. The molecule has 0 fully saturated rings. The van der Waals surface area contributed by atoms with Gasteiger partial charge in [-0.05, 0) is 41.2 Å². The van der Waals surface area contributed by atoms with E-state index in [4.69, 9.17) is 4.74 Å². The van der Waals surface area contributed by atoms with Gasteiger partial charge in [-0.1, -0.05) is 66.2 Å². The highest BCUT2D eigenvalue weighted by molar-refractivity contribution is 9.08. The fourth-order valence-corrected chi connectivity index (χ4v) is 2.32. The molecule has 0 spiro atoms. The summed E-state index contributed by atoms with van der Waals surface area (Å²) in [6, 6.07) is 17.0. The van der Waals surface area contributed by atoms with E-state index in [-0.39, 0.29) is 0 Å². The molecule has 0 bridgehead atoms. The van der Waals surface area contributed by atoms with Crippen molar-refractivity contribution in [3.63, 3.8) is 0 Å². The van der Waals surface area contributed by atoms with E-state index in [0.29, 0.717) is 5.92 Å². The van der Waals surface area contributed by atoms with E-state index in [1.165, 1.54) is 16.7 Å². The highest BCUT2D eigenvalue weighted by atomic mass is 79.9. The van der Waals surface area contributed by atoms with Crippen molar-refractivity contribution in [1.29, 1.82) is 0 Å². The van der Waals surface area contributed by atoms with Gasteiger partial charge in [0.05, 0.1) is 6.61 Å². The van der Waals surface area contributed by atoms with Gasteiger partial charge in [-0.2, -0.15) is 0 Å². The summed E-state index contributed by atoms with van der Waals surface area (Å²) >= 11 is 3.47. The zero-order valence-corrected chi connectivity index (χ0v) is 13.7. The molecule has 0 aliphatic rings. The van der Waals surface area contributed by atoms with Gasteiger partial charge < -0.3 is 4.74 Å². The molecular formula is C18H21BrO. The van der Waals surface area contributed by atoms with Crippen LogP contribution >= 0.6 is 15.9 Å². The van der Waals surface area contributed by atoms with Crippen molar-refractivity contribution in [2.45, 2.75) is 25.6 Å². The first-order valence-electron chi connectivity index (χ1n) is 7.07. The fourth-order valence-electron chi connectivity index (χ4n) is 1.94. The maximum Gasteiger partial charge on any atom is 0.119 e. The maximum atomic E-state index is 5.74. The quantitative estimate of drug-likeness (QED) is 0.619. The molecule has 2 heteroatoms. The number of alkyl halides is 1. The van der Waals surface area contributed by atoms with Gasteiger partial charge in [0.1, 0.15) is 5.75 Å². The van der Waals surface area contributed by atoms with Crippen molar-refractivity contribution in [2.75, 3.05) is 6.61 Å². The van der Waals surface area contributed by atoms with Crippen LogP contribution in [0.3, 0.4) is 0 Å². The molecule has 1 nitrogen and oxygen atoms in total. The van der Waals surface area contributed by atoms with Gasteiger partial charge >= 0.3 is 0 Å². The molecule has 0 aromatic heterocycles. The first kappa shape index (κ1) is 15.1. The molecule has 0 saturated heterocycles. The smallest absolute Gasteiger partial charge is 0.119 e. The molecule has 2 aromatic carbocycles. The van der Waals surface area contributed by atoms with Crippen LogP contribution < -0.4 is 4.74 Å². The Bertz CT molecular complexity index is 514. The summed E-state index contributed by atoms with van der Waals surface area (Å²) in [6.45, 7) is 5.21. The lowest BCUT2D eigenvalue weighted by atomic mass is 10.0. The number of benzene rings is 2. The molecule has 0 saturated carbocycles. The Balaban J connectivity index is 1.99. The van der Waals surface area contributed by atoms with Crippen LogP contribution in [0.4, 0.5) is 0 Å². The van der Waals surface area contributed by atoms with Gasteiger partial charge in [0, 0.05) is 5.33 Å². The van der Waals surface area contributed by atoms with Gasteiger partial charge in [-0.15, -0.1) is 0 Å². The lowest BCUT2D eigenvalue weighted by Crippen LogP contribution is -2.01. The van der Waals surface area contributed by atoms with Crippen molar-refractivity contribution in [1.82, 2.24) is 0 Å². The maximum absolute atomic E-state index is 5.74. The zero-order chi connectivity index (χ0) is 14.4. The van der Waals surface area contributed by atoms with Crippen LogP contribution in [0.2, 0.25) is 0 Å². The van der Waals surface area contributed by atoms with Gasteiger partial charge in [0.2, 0.25) is 0 Å². The average Bonchev–Trinajstić information content (AvgIpc) is 2.48. The lowest BCUT2D eigenvalue weighted by Gasteiger charge is -2.09. The van der Waals surface area contributed by atoms with E-state index in [2.05, 4.69) is 66.2 Å². The number of halogens is 1. The summed E-state index contributed by atoms with van der Waals surface area (Å²) in [4.78, 5) is 0. The van der Waals surface area contributed by atoms with Crippen LogP contribution in [0, 0.1) is 5.92 Å². The second kappa shape index (κ2) is 7.49. The Morgan fingerprint density at radius 1 is 0.900 bits per heavy atom. The number of hydrogen-bond donors (Lipinski definition) is 0. The summed E-state index contributed by atoms with van der Waals surface area (Å²) in [5.41, 5.74) is 3.76. The summed E-state index contributed by atoms with van der Waals surface area (Å²) in [5.74, 6) is 1.63. The molecule has 2 rings (SSSR count). The highest BCUT2D eigenvalue weighted by Crippen LogP contribution is 2.23. The molecule has 0 aliphatic heterocycles. The van der Waals surface area contributed by atoms with Gasteiger partial charge in [-0.25, -0.2) is 0 Å². The number of rotatable bonds is 6. The van der Waals surface area contributed by atoms with Crippen LogP contribution in [0.15, 0.2) is 48.5 Å². The first-order chi connectivity index (χ1) is 9.69. The minimum atomic E-state index is 0.683. The van der Waals surface area contributed by atoms with E-state index in [1.54, 1.807) is 0 Å². The standard InChI is InChI=1S/C18H21BrO/c1-14(2)11-12-20-18-9-7-17(8-10-18)16-5-3-15(13-19)4-6-16/h3-10,14H,11-13H2,1-2H3. The molecule has 0 unspecified atom stereocenters. The molecule has 20 heavy (non-hydrogen) atoms. The fraction of sp³-hybridized carbons (Fsp3) is 0.333. The van der Waals surface area contributed by atoms with Gasteiger partial charge in [-0.3, -0.25) is 0 Å². The van der Waals surface area contributed by atoms with Crippen LogP contribution in [-0.2, 0) is 5.33 Å². The largest absolute Gasteiger partial charge is 0.494 e. The van der Waals surface area contributed by atoms with E-state index in [0.717, 1.165) is 24.1 Å². The van der Waals surface area contributed by atoms with E-state index < -0.39 is 0 Å². The second-order valence-electron chi connectivity index (χ2n) is 5.39. The minimum Gasteiger partial charge on any atom is -0.494 e. The van der Waals surface area contributed by atoms with Crippen LogP contribution in [0.5, 0.6) is 5.75 Å². The molecule has 0 N–H and O–H groups in total. The number of ether oxygens (including phenoxy) is 1. The predicted octanol–water partition coefficient (Wildman–Crippen LogP) is 5.67. The molecular weight excluding hydrogens is 312 g/mol. The molecule has 0 amide bonds. The molecule has 0 heterocycles. The summed E-state index contributed by atoms with van der Waals surface area (Å²) in [5, 5.41) is 0.899. The third-order valence-electron chi connectivity index (χ3n) is 3.26. The molecule has 0 atom stereocenters. The van der Waals surface area contributed by atoms with Crippen LogP contribution in [0.25, 0.3) is 11.1 Å². The monoisotopic (exact) mass is 332 g/mol. The Hall–Kier alpha value is -1.28. The Morgan fingerprint density at radius 3 is 1.95 bits per heavy atom. The lowest BCUT2D eigenvalue weighted by molar-refractivity contribution is 0.289. The van der Waals surface area contributed by atoms with Gasteiger partial charge in [0.25, 0.3) is 0 Å². The molecule has 2 aromatic rings. The summed E-state index contributed by atoms with van der Waals surface area (Å²) < 4.78 is 5.74. The Kier molecular flexibility index (Phi) is 5.66. The van der Waals surface area contributed by atoms with Crippen LogP contribution in [-0.4, -0.2) is 6.61 Å². The van der Waals surface area contributed by atoms with E-state index in [9.17, 15) is 0 Å². The molecule has 0 radical (unpaired) electrons. The van der Waals surface area contributed by atoms with Crippen molar-refractivity contribution in [3.05, 3.63) is 54.1 Å². The number of hydrogen-bond acceptors (Lipinski definition) is 1. The predicted molar refractivity (Wildman–Crippen MR) is 89.5 cm³/mol. The molecule has 106 valence electrons. The van der Waals surface area contributed by atoms with Crippen LogP contribution in [0.1, 0.15) is 25.8 Å². The average molecular weight is 333 g/mol. The van der Waals surface area contributed by atoms with Crippen molar-refractivity contribution in [2.24, 2.45) is 5.92 Å². The van der Waals surface area contributed by atoms with Crippen molar-refractivity contribution < 1.29 is 4.74 Å². The second-order valence-corrected chi connectivity index (χ2v) is 5.95.